The first-order valence-electron chi connectivity index (χ1n) is 8.28. The molecule has 0 aliphatic carbocycles. The molecule has 0 saturated heterocycles. The van der Waals surface area contributed by atoms with Crippen molar-refractivity contribution in [1.82, 2.24) is 19.7 Å². The van der Waals surface area contributed by atoms with Crippen LogP contribution in [0.1, 0.15) is 49.5 Å². The Morgan fingerprint density at radius 3 is 2.30 bits per heavy atom. The number of hydrogen-bond donors (Lipinski definition) is 2. The highest BCUT2D eigenvalue weighted by molar-refractivity contribution is 5.78. The maximum Gasteiger partial charge on any atom is 0.416 e. The number of hydrogen-bond acceptors (Lipinski definition) is 4. The summed E-state index contributed by atoms with van der Waals surface area (Å²) in [5.74, 6) is 0.371. The Kier molecular flexibility index (Phi) is 4.38. The number of aromatic nitrogens is 4. The Morgan fingerprint density at radius 1 is 1.19 bits per heavy atom. The minimum atomic E-state index is -4.42. The summed E-state index contributed by atoms with van der Waals surface area (Å²) in [6.07, 6.45) is -4.42. The molecule has 1 unspecified atom stereocenters. The molecule has 0 spiro atoms. The molecule has 0 saturated carbocycles. The van der Waals surface area contributed by atoms with Gasteiger partial charge in [-0.15, -0.1) is 0 Å². The van der Waals surface area contributed by atoms with Crippen molar-refractivity contribution in [2.24, 2.45) is 0 Å². The predicted molar refractivity (Wildman–Crippen MR) is 93.4 cm³/mol. The molecule has 0 fully saturated rings. The van der Waals surface area contributed by atoms with Crippen LogP contribution in [0.3, 0.4) is 0 Å². The van der Waals surface area contributed by atoms with Gasteiger partial charge in [-0.25, -0.2) is 9.67 Å². The zero-order valence-electron chi connectivity index (χ0n) is 15.2. The van der Waals surface area contributed by atoms with Crippen molar-refractivity contribution in [2.75, 3.05) is 0 Å². The normalized spacial score (nSPS) is 13.9. The Hall–Kier alpha value is -2.68. The van der Waals surface area contributed by atoms with E-state index >= 15 is 0 Å². The SMILES string of the molecule is Cc1nc2c(c(C(C)(C)O)nn2C(C)c2ccc(C(F)(F)F)cc2)c(=O)[nH]1. The van der Waals surface area contributed by atoms with E-state index in [1.54, 1.807) is 13.8 Å². The van der Waals surface area contributed by atoms with Crippen LogP contribution in [0, 0.1) is 6.92 Å². The van der Waals surface area contributed by atoms with Crippen molar-refractivity contribution >= 4 is 11.0 Å². The van der Waals surface area contributed by atoms with Crippen LogP contribution in [0.15, 0.2) is 29.1 Å². The molecule has 0 aliphatic rings. The van der Waals surface area contributed by atoms with Gasteiger partial charge in [0.2, 0.25) is 0 Å². The van der Waals surface area contributed by atoms with Gasteiger partial charge < -0.3 is 10.1 Å². The third-order valence-corrected chi connectivity index (χ3v) is 4.35. The Morgan fingerprint density at radius 2 is 1.78 bits per heavy atom. The van der Waals surface area contributed by atoms with Crippen LogP contribution in [0.5, 0.6) is 0 Å². The average molecular weight is 380 g/mol. The smallest absolute Gasteiger partial charge is 0.384 e. The van der Waals surface area contributed by atoms with E-state index in [-0.39, 0.29) is 16.7 Å². The fourth-order valence-electron chi connectivity index (χ4n) is 2.95. The number of halogens is 3. The van der Waals surface area contributed by atoms with E-state index in [1.165, 1.54) is 30.7 Å². The van der Waals surface area contributed by atoms with Crippen LogP contribution in [-0.2, 0) is 11.8 Å². The Balaban J connectivity index is 2.18. The number of benzene rings is 1. The average Bonchev–Trinajstić information content (AvgIpc) is 2.93. The molecule has 2 aromatic heterocycles. The molecule has 3 rings (SSSR count). The highest BCUT2D eigenvalue weighted by atomic mass is 19.4. The van der Waals surface area contributed by atoms with Gasteiger partial charge in [-0.2, -0.15) is 18.3 Å². The van der Waals surface area contributed by atoms with E-state index in [1.807, 2.05) is 0 Å². The van der Waals surface area contributed by atoms with E-state index < -0.39 is 28.9 Å². The van der Waals surface area contributed by atoms with E-state index in [2.05, 4.69) is 15.1 Å². The monoisotopic (exact) mass is 380 g/mol. The van der Waals surface area contributed by atoms with Crippen molar-refractivity contribution in [3.8, 4) is 0 Å². The minimum Gasteiger partial charge on any atom is -0.384 e. The van der Waals surface area contributed by atoms with E-state index in [4.69, 9.17) is 0 Å². The van der Waals surface area contributed by atoms with Crippen molar-refractivity contribution < 1.29 is 18.3 Å². The third kappa shape index (κ3) is 3.46. The predicted octanol–water partition coefficient (Wildman–Crippen LogP) is 3.28. The summed E-state index contributed by atoms with van der Waals surface area (Å²) in [4.78, 5) is 19.3. The van der Waals surface area contributed by atoms with E-state index in [9.17, 15) is 23.1 Å². The summed E-state index contributed by atoms with van der Waals surface area (Å²) in [5, 5.41) is 14.9. The minimum absolute atomic E-state index is 0.157. The number of aryl methyl sites for hydroxylation is 1. The fraction of sp³-hybridized carbons (Fsp3) is 0.389. The first kappa shape index (κ1) is 19.1. The molecule has 9 heteroatoms. The van der Waals surface area contributed by atoms with Gasteiger partial charge in [0.1, 0.15) is 22.5 Å². The zero-order chi connectivity index (χ0) is 20.1. The fourth-order valence-corrected chi connectivity index (χ4v) is 2.95. The van der Waals surface area contributed by atoms with Gasteiger partial charge in [-0.05, 0) is 45.4 Å². The summed E-state index contributed by atoms with van der Waals surface area (Å²) in [5.41, 5.74) is -1.58. The van der Waals surface area contributed by atoms with Gasteiger partial charge in [0.15, 0.2) is 5.65 Å². The van der Waals surface area contributed by atoms with Crippen molar-refractivity contribution in [2.45, 2.75) is 45.5 Å². The third-order valence-electron chi connectivity index (χ3n) is 4.35. The zero-order valence-corrected chi connectivity index (χ0v) is 15.2. The highest BCUT2D eigenvalue weighted by Gasteiger charge is 2.31. The number of aromatic amines is 1. The maximum atomic E-state index is 12.8. The molecule has 2 heterocycles. The quantitative estimate of drug-likeness (QED) is 0.730. The Bertz CT molecular complexity index is 1040. The first-order valence-corrected chi connectivity index (χ1v) is 8.28. The summed E-state index contributed by atoms with van der Waals surface area (Å²) in [6, 6.07) is 4.23. The summed E-state index contributed by atoms with van der Waals surface area (Å²) < 4.78 is 39.8. The van der Waals surface area contributed by atoms with E-state index in [0.29, 0.717) is 11.4 Å². The molecule has 144 valence electrons. The number of aliphatic hydroxyl groups is 1. The second-order valence-electron chi connectivity index (χ2n) is 7.00. The number of alkyl halides is 3. The topological polar surface area (TPSA) is 83.8 Å². The van der Waals surface area contributed by atoms with Gasteiger partial charge in [0.05, 0.1) is 11.6 Å². The number of nitrogens with one attached hydrogen (secondary N) is 1. The molecule has 3 aromatic rings. The maximum absolute atomic E-state index is 12.8. The largest absolute Gasteiger partial charge is 0.416 e. The van der Waals surface area contributed by atoms with Crippen LogP contribution >= 0.6 is 0 Å². The van der Waals surface area contributed by atoms with Crippen molar-refractivity contribution in [1.29, 1.82) is 0 Å². The second-order valence-corrected chi connectivity index (χ2v) is 7.00. The summed E-state index contributed by atoms with van der Waals surface area (Å²) in [6.45, 7) is 6.36. The molecule has 6 nitrogen and oxygen atoms in total. The van der Waals surface area contributed by atoms with Gasteiger partial charge >= 0.3 is 6.18 Å². The Labute approximate surface area is 152 Å². The lowest BCUT2D eigenvalue weighted by Crippen LogP contribution is -2.20. The van der Waals surface area contributed by atoms with Crippen LogP contribution in [0.25, 0.3) is 11.0 Å². The molecule has 0 aliphatic heterocycles. The van der Waals surface area contributed by atoms with Gasteiger partial charge in [-0.3, -0.25) is 4.79 Å². The van der Waals surface area contributed by atoms with Crippen LogP contribution < -0.4 is 5.56 Å². The molecular formula is C18H19F3N4O2. The lowest BCUT2D eigenvalue weighted by atomic mass is 10.0. The van der Waals surface area contributed by atoms with Crippen molar-refractivity contribution in [3.63, 3.8) is 0 Å². The summed E-state index contributed by atoms with van der Waals surface area (Å²) in [7, 11) is 0. The molecule has 1 aromatic carbocycles. The molecule has 2 N–H and O–H groups in total. The van der Waals surface area contributed by atoms with Gasteiger partial charge in [0, 0.05) is 0 Å². The standard InChI is InChI=1S/C18H19F3N4O2/c1-9(11-5-7-12(8-6-11)18(19,20)21)25-15-13(14(24-25)17(3,4)27)16(26)23-10(2)22-15/h5-9,27H,1-4H3,(H,22,23,26). The molecule has 1 atom stereocenters. The molecule has 0 bridgehead atoms. The van der Waals surface area contributed by atoms with Crippen molar-refractivity contribution in [3.05, 3.63) is 57.3 Å². The first-order chi connectivity index (χ1) is 12.4. The van der Waals surface area contributed by atoms with Crippen LogP contribution in [0.2, 0.25) is 0 Å². The van der Waals surface area contributed by atoms with Crippen LogP contribution in [-0.4, -0.2) is 24.9 Å². The lowest BCUT2D eigenvalue weighted by Gasteiger charge is -2.16. The lowest BCUT2D eigenvalue weighted by molar-refractivity contribution is -0.137. The highest BCUT2D eigenvalue weighted by Crippen LogP contribution is 2.32. The number of fused-ring (bicyclic) bond motifs is 1. The number of rotatable bonds is 3. The molecule has 0 amide bonds. The summed E-state index contributed by atoms with van der Waals surface area (Å²) >= 11 is 0. The molecule has 27 heavy (non-hydrogen) atoms. The van der Waals surface area contributed by atoms with E-state index in [0.717, 1.165) is 12.1 Å². The number of H-pyrrole nitrogens is 1. The van der Waals surface area contributed by atoms with Crippen LogP contribution in [0.4, 0.5) is 13.2 Å². The van der Waals surface area contributed by atoms with Gasteiger partial charge in [-0.1, -0.05) is 12.1 Å². The molecular weight excluding hydrogens is 361 g/mol. The number of nitrogens with zero attached hydrogens (tertiary/aromatic N) is 3. The molecule has 0 radical (unpaired) electrons. The van der Waals surface area contributed by atoms with Gasteiger partial charge in [0.25, 0.3) is 5.56 Å². The second kappa shape index (κ2) is 6.19.